The van der Waals surface area contributed by atoms with Crippen molar-refractivity contribution in [3.8, 4) is 0 Å². The number of rotatable bonds is 3. The number of fused-ring (bicyclic) bond motifs is 1. The van der Waals surface area contributed by atoms with Crippen molar-refractivity contribution in [3.05, 3.63) is 36.8 Å². The quantitative estimate of drug-likeness (QED) is 0.769. The van der Waals surface area contributed by atoms with E-state index < -0.39 is 0 Å². The molecule has 1 aromatic carbocycles. The lowest BCUT2D eigenvalue weighted by atomic mass is 10.2. The first-order valence-corrected chi connectivity index (χ1v) is 7.74. The monoisotopic (exact) mass is 309 g/mol. The first-order valence-electron chi connectivity index (χ1n) is 7.74. The Kier molecular flexibility index (Phi) is 3.55. The summed E-state index contributed by atoms with van der Waals surface area (Å²) < 4.78 is 0. The van der Waals surface area contributed by atoms with Gasteiger partial charge in [-0.25, -0.2) is 9.97 Å². The van der Waals surface area contributed by atoms with E-state index in [0.29, 0.717) is 0 Å². The molecule has 1 fully saturated rings. The summed E-state index contributed by atoms with van der Waals surface area (Å²) in [6.07, 6.45) is 3.24. The Morgan fingerprint density at radius 2 is 2.00 bits per heavy atom. The average molecular weight is 309 g/mol. The number of anilines is 3. The van der Waals surface area contributed by atoms with E-state index in [4.69, 9.17) is 0 Å². The molecule has 0 atom stereocenters. The summed E-state index contributed by atoms with van der Waals surface area (Å²) in [6.45, 7) is 4.30. The van der Waals surface area contributed by atoms with E-state index in [0.717, 1.165) is 48.7 Å². The van der Waals surface area contributed by atoms with Crippen LogP contribution in [0.1, 0.15) is 0 Å². The number of H-pyrrole nitrogens is 1. The zero-order chi connectivity index (χ0) is 15.6. The smallest absolute Gasteiger partial charge is 0.159 e. The zero-order valence-electron chi connectivity index (χ0n) is 13.0. The van der Waals surface area contributed by atoms with Crippen molar-refractivity contribution in [1.82, 2.24) is 25.1 Å². The normalized spacial score (nSPS) is 16.0. The summed E-state index contributed by atoms with van der Waals surface area (Å²) in [7, 11) is 2.17. The van der Waals surface area contributed by atoms with Gasteiger partial charge >= 0.3 is 0 Å². The van der Waals surface area contributed by atoms with Crippen LogP contribution in [0, 0.1) is 0 Å². The van der Waals surface area contributed by atoms with Gasteiger partial charge in [0.1, 0.15) is 17.4 Å². The topological polar surface area (TPSA) is 73.0 Å². The molecule has 0 amide bonds. The van der Waals surface area contributed by atoms with E-state index in [-0.39, 0.29) is 0 Å². The van der Waals surface area contributed by atoms with Gasteiger partial charge in [-0.15, -0.1) is 0 Å². The van der Waals surface area contributed by atoms with Gasteiger partial charge in [0, 0.05) is 37.6 Å². The van der Waals surface area contributed by atoms with Crippen LogP contribution in [0.15, 0.2) is 36.8 Å². The fourth-order valence-electron chi connectivity index (χ4n) is 2.84. The second kappa shape index (κ2) is 5.85. The predicted octanol–water partition coefficient (Wildman–Crippen LogP) is 1.85. The number of piperazine rings is 1. The van der Waals surface area contributed by atoms with Crippen LogP contribution in [0.2, 0.25) is 0 Å². The third-order valence-corrected chi connectivity index (χ3v) is 4.22. The second-order valence-electron chi connectivity index (χ2n) is 5.82. The zero-order valence-corrected chi connectivity index (χ0v) is 13.0. The molecule has 1 aliphatic heterocycles. The lowest BCUT2D eigenvalue weighted by molar-refractivity contribution is 0.313. The van der Waals surface area contributed by atoms with Crippen molar-refractivity contribution in [2.75, 3.05) is 43.4 Å². The Morgan fingerprint density at radius 3 is 2.87 bits per heavy atom. The fourth-order valence-corrected chi connectivity index (χ4v) is 2.84. The number of aromatic nitrogens is 4. The molecule has 7 heteroatoms. The standard InChI is InChI=1S/C16H19N7/c1-22-5-7-23(8-6-22)13-4-2-3-12(9-13)20-16-15-14(10-19-21-15)17-11-18-16/h2-4,9-11H,5-8H2,1H3,(H,19,21)(H,17,18,20). The molecule has 0 aliphatic carbocycles. The molecule has 118 valence electrons. The average Bonchev–Trinajstić information content (AvgIpc) is 3.06. The highest BCUT2D eigenvalue weighted by Gasteiger charge is 2.14. The summed E-state index contributed by atoms with van der Waals surface area (Å²) in [6, 6.07) is 8.43. The fraction of sp³-hybridized carbons (Fsp3) is 0.312. The number of hydrogen-bond acceptors (Lipinski definition) is 6. The van der Waals surface area contributed by atoms with Crippen LogP contribution in [-0.4, -0.2) is 58.3 Å². The van der Waals surface area contributed by atoms with Gasteiger partial charge < -0.3 is 15.1 Å². The van der Waals surface area contributed by atoms with Crippen LogP contribution in [0.25, 0.3) is 11.0 Å². The van der Waals surface area contributed by atoms with E-state index in [1.165, 1.54) is 5.69 Å². The molecule has 1 aliphatic rings. The lowest BCUT2D eigenvalue weighted by Gasteiger charge is -2.34. The molecular weight excluding hydrogens is 290 g/mol. The SMILES string of the molecule is CN1CCN(c2cccc(Nc3ncnc4cn[nH]c34)c2)CC1. The van der Waals surface area contributed by atoms with Crippen molar-refractivity contribution < 1.29 is 0 Å². The van der Waals surface area contributed by atoms with Crippen LogP contribution in [0.4, 0.5) is 17.2 Å². The van der Waals surface area contributed by atoms with Gasteiger partial charge in [-0.1, -0.05) is 6.07 Å². The Bertz CT molecular complexity index is 805. The molecule has 3 aromatic rings. The van der Waals surface area contributed by atoms with Crippen LogP contribution in [-0.2, 0) is 0 Å². The molecule has 0 radical (unpaired) electrons. The number of hydrogen-bond donors (Lipinski definition) is 2. The largest absolute Gasteiger partial charge is 0.369 e. The van der Waals surface area contributed by atoms with Gasteiger partial charge in [0.2, 0.25) is 0 Å². The number of aromatic amines is 1. The maximum Gasteiger partial charge on any atom is 0.159 e. The third kappa shape index (κ3) is 2.83. The highest BCUT2D eigenvalue weighted by molar-refractivity contribution is 5.86. The maximum atomic E-state index is 4.31. The molecule has 0 unspecified atom stereocenters. The minimum Gasteiger partial charge on any atom is -0.369 e. The van der Waals surface area contributed by atoms with E-state index in [1.807, 2.05) is 6.07 Å². The highest BCUT2D eigenvalue weighted by atomic mass is 15.2. The minimum atomic E-state index is 0.739. The second-order valence-corrected chi connectivity index (χ2v) is 5.82. The maximum absolute atomic E-state index is 4.31. The summed E-state index contributed by atoms with van der Waals surface area (Å²) in [5.74, 6) is 0.739. The van der Waals surface area contributed by atoms with Crippen molar-refractivity contribution in [2.45, 2.75) is 0 Å². The Labute approximate surface area is 134 Å². The summed E-state index contributed by atoms with van der Waals surface area (Å²) in [5, 5.41) is 10.3. The predicted molar refractivity (Wildman–Crippen MR) is 91.1 cm³/mol. The van der Waals surface area contributed by atoms with Crippen LogP contribution >= 0.6 is 0 Å². The molecule has 1 saturated heterocycles. The van der Waals surface area contributed by atoms with E-state index in [9.17, 15) is 0 Å². The van der Waals surface area contributed by atoms with E-state index in [2.05, 4.69) is 60.5 Å². The number of nitrogens with zero attached hydrogens (tertiary/aromatic N) is 5. The molecule has 0 saturated carbocycles. The van der Waals surface area contributed by atoms with Crippen molar-refractivity contribution in [2.24, 2.45) is 0 Å². The third-order valence-electron chi connectivity index (χ3n) is 4.22. The molecular formula is C16H19N7. The highest BCUT2D eigenvalue weighted by Crippen LogP contribution is 2.25. The molecule has 0 spiro atoms. The van der Waals surface area contributed by atoms with Crippen LogP contribution < -0.4 is 10.2 Å². The molecule has 23 heavy (non-hydrogen) atoms. The van der Waals surface area contributed by atoms with Gasteiger partial charge in [-0.2, -0.15) is 5.10 Å². The molecule has 3 heterocycles. The molecule has 4 rings (SSSR count). The number of nitrogens with one attached hydrogen (secondary N) is 2. The van der Waals surface area contributed by atoms with Gasteiger partial charge in [-0.05, 0) is 25.2 Å². The van der Waals surface area contributed by atoms with Gasteiger partial charge in [0.15, 0.2) is 5.82 Å². The molecule has 0 bridgehead atoms. The summed E-state index contributed by atoms with van der Waals surface area (Å²) in [4.78, 5) is 13.3. The Balaban J connectivity index is 1.58. The number of likely N-dealkylation sites (N-methyl/N-ethyl adjacent to an activating group) is 1. The summed E-state index contributed by atoms with van der Waals surface area (Å²) in [5.41, 5.74) is 3.87. The molecule has 2 N–H and O–H groups in total. The first-order chi connectivity index (χ1) is 11.3. The van der Waals surface area contributed by atoms with Gasteiger partial charge in [0.25, 0.3) is 0 Å². The van der Waals surface area contributed by atoms with Crippen LogP contribution in [0.5, 0.6) is 0 Å². The van der Waals surface area contributed by atoms with E-state index in [1.54, 1.807) is 12.5 Å². The summed E-state index contributed by atoms with van der Waals surface area (Å²) >= 11 is 0. The lowest BCUT2D eigenvalue weighted by Crippen LogP contribution is -2.44. The molecule has 7 nitrogen and oxygen atoms in total. The Hall–Kier alpha value is -2.67. The Morgan fingerprint density at radius 1 is 1.13 bits per heavy atom. The van der Waals surface area contributed by atoms with Crippen LogP contribution in [0.3, 0.4) is 0 Å². The molecule has 2 aromatic heterocycles. The minimum absolute atomic E-state index is 0.739. The van der Waals surface area contributed by atoms with Crippen molar-refractivity contribution in [1.29, 1.82) is 0 Å². The van der Waals surface area contributed by atoms with Crippen molar-refractivity contribution >= 4 is 28.2 Å². The van der Waals surface area contributed by atoms with Gasteiger partial charge in [0.05, 0.1) is 6.20 Å². The number of benzene rings is 1. The van der Waals surface area contributed by atoms with Gasteiger partial charge in [-0.3, -0.25) is 5.10 Å². The first kappa shape index (κ1) is 14.0. The van der Waals surface area contributed by atoms with E-state index >= 15 is 0 Å². The van der Waals surface area contributed by atoms with Crippen molar-refractivity contribution in [3.63, 3.8) is 0 Å².